The summed E-state index contributed by atoms with van der Waals surface area (Å²) in [5.74, 6) is 1.83. The van der Waals surface area contributed by atoms with Crippen LogP contribution < -0.4 is 10.1 Å². The zero-order valence-corrected chi connectivity index (χ0v) is 15.7. The number of rotatable bonds is 8. The van der Waals surface area contributed by atoms with Gasteiger partial charge in [0.05, 0.1) is 17.4 Å². The summed E-state index contributed by atoms with van der Waals surface area (Å²) >= 11 is 0. The molecule has 144 valence electrons. The average Bonchev–Trinajstić information content (AvgIpc) is 3.01. The molecule has 0 aliphatic rings. The number of benzene rings is 1. The fourth-order valence-corrected chi connectivity index (χ4v) is 2.83. The molecule has 5 nitrogen and oxygen atoms in total. The number of ether oxygens (including phenoxy) is 1. The summed E-state index contributed by atoms with van der Waals surface area (Å²) in [4.78, 5) is 4.42. The molecule has 0 bridgehead atoms. The molecule has 0 fully saturated rings. The van der Waals surface area contributed by atoms with Crippen molar-refractivity contribution in [1.82, 2.24) is 14.8 Å². The molecular formula is C20H24F2N4O. The quantitative estimate of drug-likeness (QED) is 0.631. The lowest BCUT2D eigenvalue weighted by Gasteiger charge is -2.10. The van der Waals surface area contributed by atoms with Gasteiger partial charge in [0.1, 0.15) is 18.2 Å². The van der Waals surface area contributed by atoms with Gasteiger partial charge in [0, 0.05) is 18.9 Å². The smallest absolute Gasteiger partial charge is 0.272 e. The molecule has 0 saturated heterocycles. The zero-order chi connectivity index (χ0) is 19.4. The van der Waals surface area contributed by atoms with Gasteiger partial charge in [0.15, 0.2) is 0 Å². The van der Waals surface area contributed by atoms with Crippen LogP contribution in [0.4, 0.5) is 14.6 Å². The van der Waals surface area contributed by atoms with Crippen molar-refractivity contribution in [3.63, 3.8) is 0 Å². The van der Waals surface area contributed by atoms with Crippen LogP contribution in [0.1, 0.15) is 25.0 Å². The van der Waals surface area contributed by atoms with E-state index in [1.165, 1.54) is 0 Å². The van der Waals surface area contributed by atoms with Crippen LogP contribution in [0.15, 0.2) is 36.7 Å². The van der Waals surface area contributed by atoms with Gasteiger partial charge in [0.25, 0.3) is 6.43 Å². The number of hydrogen-bond donors (Lipinski definition) is 1. The Bertz CT molecular complexity index is 908. The first-order chi connectivity index (χ1) is 12.9. The predicted octanol–water partition coefficient (Wildman–Crippen LogP) is 4.50. The molecule has 0 amide bonds. The molecular weight excluding hydrogens is 350 g/mol. The van der Waals surface area contributed by atoms with Gasteiger partial charge < -0.3 is 10.1 Å². The van der Waals surface area contributed by atoms with Crippen molar-refractivity contribution in [2.24, 2.45) is 5.92 Å². The Kier molecular flexibility index (Phi) is 5.88. The lowest BCUT2D eigenvalue weighted by molar-refractivity contribution is 0.0816. The predicted molar refractivity (Wildman–Crippen MR) is 103 cm³/mol. The van der Waals surface area contributed by atoms with Gasteiger partial charge in [-0.05, 0) is 36.1 Å². The molecule has 0 atom stereocenters. The van der Waals surface area contributed by atoms with Crippen LogP contribution in [0.2, 0.25) is 0 Å². The maximum absolute atomic E-state index is 12.3. The molecule has 0 aliphatic carbocycles. The molecule has 1 N–H and O–H groups in total. The molecule has 0 spiro atoms. The van der Waals surface area contributed by atoms with E-state index in [4.69, 9.17) is 4.74 Å². The fraction of sp³-hybridized carbons (Fsp3) is 0.400. The van der Waals surface area contributed by atoms with E-state index in [2.05, 4.69) is 29.2 Å². The monoisotopic (exact) mass is 374 g/mol. The number of alkyl halides is 2. The maximum atomic E-state index is 12.3. The number of aromatic nitrogens is 3. The van der Waals surface area contributed by atoms with Gasteiger partial charge in [-0.3, -0.25) is 4.68 Å². The van der Waals surface area contributed by atoms with E-state index in [1.807, 2.05) is 36.0 Å². The number of anilines is 1. The van der Waals surface area contributed by atoms with Crippen LogP contribution in [0, 0.1) is 12.8 Å². The van der Waals surface area contributed by atoms with Crippen LogP contribution in [-0.2, 0) is 6.54 Å². The summed E-state index contributed by atoms with van der Waals surface area (Å²) in [6.07, 6.45) is 1.25. The summed E-state index contributed by atoms with van der Waals surface area (Å²) in [5.41, 5.74) is 2.73. The van der Waals surface area contributed by atoms with Crippen molar-refractivity contribution in [3.8, 4) is 5.75 Å². The third kappa shape index (κ3) is 4.93. The first kappa shape index (κ1) is 19.1. The second-order valence-electron chi connectivity index (χ2n) is 7.00. The molecule has 27 heavy (non-hydrogen) atoms. The second-order valence-corrected chi connectivity index (χ2v) is 7.00. The number of aryl methyl sites for hydroxylation is 1. The van der Waals surface area contributed by atoms with E-state index in [0.717, 1.165) is 34.4 Å². The van der Waals surface area contributed by atoms with Crippen LogP contribution in [0.5, 0.6) is 5.75 Å². The van der Waals surface area contributed by atoms with Gasteiger partial charge in [-0.15, -0.1) is 0 Å². The second kappa shape index (κ2) is 8.33. The van der Waals surface area contributed by atoms with Crippen LogP contribution in [-0.4, -0.2) is 34.3 Å². The lowest BCUT2D eigenvalue weighted by atomic mass is 10.1. The Hall–Kier alpha value is -2.70. The number of hydrogen-bond acceptors (Lipinski definition) is 4. The third-order valence-corrected chi connectivity index (χ3v) is 4.11. The van der Waals surface area contributed by atoms with E-state index in [0.29, 0.717) is 18.2 Å². The summed E-state index contributed by atoms with van der Waals surface area (Å²) in [6, 6.07) is 7.42. The average molecular weight is 374 g/mol. The first-order valence-electron chi connectivity index (χ1n) is 8.99. The summed E-state index contributed by atoms with van der Waals surface area (Å²) in [6.45, 7) is 6.97. The summed E-state index contributed by atoms with van der Waals surface area (Å²) in [5, 5.41) is 8.95. The maximum Gasteiger partial charge on any atom is 0.272 e. The van der Waals surface area contributed by atoms with Crippen LogP contribution in [0.25, 0.3) is 10.9 Å². The molecule has 2 heterocycles. The van der Waals surface area contributed by atoms with Gasteiger partial charge in [0.2, 0.25) is 0 Å². The highest BCUT2D eigenvalue weighted by molar-refractivity contribution is 5.88. The molecule has 0 radical (unpaired) electrons. The Labute approximate surface area is 157 Å². The largest absolute Gasteiger partial charge is 0.487 e. The van der Waals surface area contributed by atoms with Gasteiger partial charge >= 0.3 is 0 Å². The lowest BCUT2D eigenvalue weighted by Crippen LogP contribution is -2.09. The van der Waals surface area contributed by atoms with Crippen molar-refractivity contribution in [3.05, 3.63) is 47.8 Å². The van der Waals surface area contributed by atoms with E-state index in [-0.39, 0.29) is 0 Å². The number of pyridine rings is 1. The van der Waals surface area contributed by atoms with Crippen LogP contribution in [0.3, 0.4) is 0 Å². The number of fused-ring (bicyclic) bond motifs is 1. The fourth-order valence-electron chi connectivity index (χ4n) is 2.83. The Morgan fingerprint density at radius 3 is 2.74 bits per heavy atom. The molecule has 0 unspecified atom stereocenters. The molecule has 1 aromatic carbocycles. The number of halogens is 2. The number of nitrogens with zero attached hydrogens (tertiary/aromatic N) is 3. The minimum atomic E-state index is -2.48. The molecule has 0 saturated carbocycles. The summed E-state index contributed by atoms with van der Waals surface area (Å²) < 4.78 is 31.6. The molecule has 3 rings (SSSR count). The van der Waals surface area contributed by atoms with Gasteiger partial charge in [-0.25, -0.2) is 13.8 Å². The zero-order valence-electron chi connectivity index (χ0n) is 15.7. The minimum absolute atomic E-state index is 0.481. The molecule has 0 aliphatic heterocycles. The molecule has 2 aromatic heterocycles. The normalized spacial score (nSPS) is 11.5. The van der Waals surface area contributed by atoms with Crippen molar-refractivity contribution in [2.75, 3.05) is 18.5 Å². The van der Waals surface area contributed by atoms with E-state index >= 15 is 0 Å². The number of nitrogens with one attached hydrogen (secondary N) is 1. The minimum Gasteiger partial charge on any atom is -0.487 e. The third-order valence-electron chi connectivity index (χ3n) is 4.11. The van der Waals surface area contributed by atoms with Crippen LogP contribution >= 0.6 is 0 Å². The Morgan fingerprint density at radius 1 is 1.22 bits per heavy atom. The van der Waals surface area contributed by atoms with E-state index in [9.17, 15) is 8.78 Å². The van der Waals surface area contributed by atoms with Crippen molar-refractivity contribution in [1.29, 1.82) is 0 Å². The first-order valence-corrected chi connectivity index (χ1v) is 8.99. The van der Waals surface area contributed by atoms with Crippen molar-refractivity contribution >= 4 is 16.7 Å². The van der Waals surface area contributed by atoms with E-state index < -0.39 is 13.0 Å². The standard InChI is InChI=1S/C20H24F2N4O/c1-13(2)9-24-20-16-11-26(25-17(16)6-7-23-20)10-15-4-5-18(14(3)8-15)27-12-19(21)22/h4-8,11,13,19H,9-10,12H2,1-3H3,(H,23,24). The topological polar surface area (TPSA) is 52.0 Å². The molecule has 3 aromatic rings. The highest BCUT2D eigenvalue weighted by atomic mass is 19.3. The highest BCUT2D eigenvalue weighted by Gasteiger charge is 2.10. The SMILES string of the molecule is Cc1cc(Cn2cc3c(NCC(C)C)nccc3n2)ccc1OCC(F)F. The molecule has 7 heteroatoms. The highest BCUT2D eigenvalue weighted by Crippen LogP contribution is 2.23. The van der Waals surface area contributed by atoms with Crippen molar-refractivity contribution in [2.45, 2.75) is 33.7 Å². The Balaban J connectivity index is 1.76. The van der Waals surface area contributed by atoms with Crippen molar-refractivity contribution < 1.29 is 13.5 Å². The van der Waals surface area contributed by atoms with E-state index in [1.54, 1.807) is 12.3 Å². The Morgan fingerprint density at radius 2 is 2.04 bits per heavy atom. The van der Waals surface area contributed by atoms with Gasteiger partial charge in [-0.1, -0.05) is 26.0 Å². The van der Waals surface area contributed by atoms with Gasteiger partial charge in [-0.2, -0.15) is 5.10 Å². The summed E-state index contributed by atoms with van der Waals surface area (Å²) in [7, 11) is 0.